The summed E-state index contributed by atoms with van der Waals surface area (Å²) in [6, 6.07) is 5.64. The molecule has 0 fully saturated rings. The highest BCUT2D eigenvalue weighted by Crippen LogP contribution is 2.27. The summed E-state index contributed by atoms with van der Waals surface area (Å²) < 4.78 is 0.833. The van der Waals surface area contributed by atoms with Crippen LogP contribution in [0.4, 0.5) is 0 Å². The van der Waals surface area contributed by atoms with Crippen molar-refractivity contribution >= 4 is 38.7 Å². The molecule has 2 rings (SSSR count). The Morgan fingerprint density at radius 2 is 2.15 bits per heavy atom. The van der Waals surface area contributed by atoms with Gasteiger partial charge >= 0.3 is 5.97 Å². The van der Waals surface area contributed by atoms with Gasteiger partial charge in [0.25, 0.3) is 5.91 Å². The molecule has 0 aliphatic heterocycles. The average molecular weight is 339 g/mol. The number of carboxylic acids is 1. The Kier molecular flexibility index (Phi) is 4.13. The summed E-state index contributed by atoms with van der Waals surface area (Å²) in [5.74, 6) is -1.71. The SMILES string of the molecule is CC(CN(C)C(=O)c1c[nH]c2cccc(Br)c12)C(=O)O. The van der Waals surface area contributed by atoms with Crippen LogP contribution < -0.4 is 0 Å². The molecular formula is C14H15BrN2O3. The van der Waals surface area contributed by atoms with Gasteiger partial charge in [-0.15, -0.1) is 0 Å². The van der Waals surface area contributed by atoms with Crippen LogP contribution >= 0.6 is 15.9 Å². The Morgan fingerprint density at radius 1 is 1.45 bits per heavy atom. The molecule has 0 spiro atoms. The topological polar surface area (TPSA) is 73.4 Å². The third-order valence-electron chi connectivity index (χ3n) is 3.20. The molecule has 1 amide bonds. The molecule has 6 heteroatoms. The lowest BCUT2D eigenvalue weighted by molar-refractivity contribution is -0.141. The number of rotatable bonds is 4. The highest BCUT2D eigenvalue weighted by molar-refractivity contribution is 9.10. The van der Waals surface area contributed by atoms with E-state index in [1.807, 2.05) is 18.2 Å². The normalized spacial score (nSPS) is 12.3. The third kappa shape index (κ3) is 2.70. The van der Waals surface area contributed by atoms with Gasteiger partial charge in [0.15, 0.2) is 0 Å². The number of aromatic amines is 1. The van der Waals surface area contributed by atoms with Crippen LogP contribution in [0.25, 0.3) is 10.9 Å². The van der Waals surface area contributed by atoms with Crippen molar-refractivity contribution in [1.82, 2.24) is 9.88 Å². The van der Waals surface area contributed by atoms with Gasteiger partial charge < -0.3 is 15.0 Å². The molecule has 0 bridgehead atoms. The van der Waals surface area contributed by atoms with Crippen molar-refractivity contribution in [2.45, 2.75) is 6.92 Å². The maximum Gasteiger partial charge on any atom is 0.308 e. The lowest BCUT2D eigenvalue weighted by Gasteiger charge is -2.19. The minimum atomic E-state index is -0.912. The second kappa shape index (κ2) is 5.66. The van der Waals surface area contributed by atoms with Crippen molar-refractivity contribution in [3.63, 3.8) is 0 Å². The Morgan fingerprint density at radius 3 is 2.80 bits per heavy atom. The van der Waals surface area contributed by atoms with Gasteiger partial charge in [0.1, 0.15) is 0 Å². The Labute approximate surface area is 124 Å². The maximum atomic E-state index is 12.4. The van der Waals surface area contributed by atoms with E-state index in [4.69, 9.17) is 5.11 Å². The fourth-order valence-electron chi connectivity index (χ4n) is 2.09. The lowest BCUT2D eigenvalue weighted by Crippen LogP contribution is -2.33. The molecule has 0 aliphatic rings. The van der Waals surface area contributed by atoms with Crippen LogP contribution in [0.5, 0.6) is 0 Å². The van der Waals surface area contributed by atoms with E-state index in [9.17, 15) is 9.59 Å². The first kappa shape index (κ1) is 14.6. The third-order valence-corrected chi connectivity index (χ3v) is 3.86. The number of amides is 1. The minimum Gasteiger partial charge on any atom is -0.481 e. The standard InChI is InChI=1S/C14H15BrN2O3/c1-8(14(19)20)7-17(2)13(18)9-6-16-11-5-3-4-10(15)12(9)11/h3-6,8,16H,7H2,1-2H3,(H,19,20). The molecule has 106 valence electrons. The minimum absolute atomic E-state index is 0.172. The average Bonchev–Trinajstić information content (AvgIpc) is 2.82. The molecule has 1 aromatic carbocycles. The summed E-state index contributed by atoms with van der Waals surface area (Å²) in [7, 11) is 1.61. The van der Waals surface area contributed by atoms with Crippen LogP contribution in [0.2, 0.25) is 0 Å². The van der Waals surface area contributed by atoms with Crippen LogP contribution in [0.3, 0.4) is 0 Å². The quantitative estimate of drug-likeness (QED) is 0.900. The molecule has 2 aromatic rings. The Bertz CT molecular complexity index is 665. The number of hydrogen-bond acceptors (Lipinski definition) is 2. The molecule has 1 aromatic heterocycles. The van der Waals surface area contributed by atoms with Gasteiger partial charge in [-0.25, -0.2) is 0 Å². The van der Waals surface area contributed by atoms with Crippen LogP contribution in [0.1, 0.15) is 17.3 Å². The largest absolute Gasteiger partial charge is 0.481 e. The first-order valence-electron chi connectivity index (χ1n) is 6.15. The number of fused-ring (bicyclic) bond motifs is 1. The number of carbonyl (C=O) groups excluding carboxylic acids is 1. The molecular weight excluding hydrogens is 324 g/mol. The number of carboxylic acid groups (broad SMARTS) is 1. The fourth-order valence-corrected chi connectivity index (χ4v) is 2.67. The van der Waals surface area contributed by atoms with Crippen molar-refractivity contribution in [3.05, 3.63) is 34.4 Å². The molecule has 0 radical (unpaired) electrons. The van der Waals surface area contributed by atoms with Crippen molar-refractivity contribution in [3.8, 4) is 0 Å². The van der Waals surface area contributed by atoms with Crippen LogP contribution in [-0.2, 0) is 4.79 Å². The zero-order valence-electron chi connectivity index (χ0n) is 11.2. The van der Waals surface area contributed by atoms with E-state index in [2.05, 4.69) is 20.9 Å². The number of nitrogens with one attached hydrogen (secondary N) is 1. The van der Waals surface area contributed by atoms with Gasteiger partial charge in [-0.05, 0) is 12.1 Å². The van der Waals surface area contributed by atoms with Crippen molar-refractivity contribution in [1.29, 1.82) is 0 Å². The molecule has 0 saturated heterocycles. The van der Waals surface area contributed by atoms with E-state index in [1.165, 1.54) is 4.90 Å². The molecule has 0 aliphatic carbocycles. The first-order valence-corrected chi connectivity index (χ1v) is 6.95. The number of aliphatic carboxylic acids is 1. The fraction of sp³-hybridized carbons (Fsp3) is 0.286. The van der Waals surface area contributed by atoms with Gasteiger partial charge in [0, 0.05) is 35.2 Å². The molecule has 1 atom stereocenters. The van der Waals surface area contributed by atoms with E-state index in [0.717, 1.165) is 15.4 Å². The second-order valence-electron chi connectivity index (χ2n) is 4.79. The number of H-pyrrole nitrogens is 1. The summed E-state index contributed by atoms with van der Waals surface area (Å²) in [5.41, 5.74) is 1.40. The smallest absolute Gasteiger partial charge is 0.308 e. The van der Waals surface area contributed by atoms with Crippen molar-refractivity contribution in [2.75, 3.05) is 13.6 Å². The highest BCUT2D eigenvalue weighted by atomic mass is 79.9. The summed E-state index contributed by atoms with van der Waals surface area (Å²) in [5, 5.41) is 9.72. The monoisotopic (exact) mass is 338 g/mol. The van der Waals surface area contributed by atoms with E-state index in [0.29, 0.717) is 5.56 Å². The number of nitrogens with zero attached hydrogens (tertiary/aromatic N) is 1. The summed E-state index contributed by atoms with van der Waals surface area (Å²) in [6.45, 7) is 1.75. The maximum absolute atomic E-state index is 12.4. The Hall–Kier alpha value is -1.82. The molecule has 20 heavy (non-hydrogen) atoms. The van der Waals surface area contributed by atoms with E-state index in [1.54, 1.807) is 20.2 Å². The molecule has 5 nitrogen and oxygen atoms in total. The van der Waals surface area contributed by atoms with Crippen molar-refractivity contribution in [2.24, 2.45) is 5.92 Å². The van der Waals surface area contributed by atoms with Crippen LogP contribution in [0.15, 0.2) is 28.9 Å². The van der Waals surface area contributed by atoms with E-state index in [-0.39, 0.29) is 12.5 Å². The lowest BCUT2D eigenvalue weighted by atomic mass is 10.1. The predicted octanol–water partition coefficient (Wildman–Crippen LogP) is 2.72. The van der Waals surface area contributed by atoms with Gasteiger partial charge in [0.2, 0.25) is 0 Å². The number of carbonyl (C=O) groups is 2. The molecule has 1 unspecified atom stereocenters. The van der Waals surface area contributed by atoms with Crippen LogP contribution in [-0.4, -0.2) is 40.5 Å². The van der Waals surface area contributed by atoms with Crippen molar-refractivity contribution < 1.29 is 14.7 Å². The first-order chi connectivity index (χ1) is 9.41. The second-order valence-corrected chi connectivity index (χ2v) is 5.64. The molecule has 2 N–H and O–H groups in total. The van der Waals surface area contributed by atoms with E-state index >= 15 is 0 Å². The molecule has 0 saturated carbocycles. The highest BCUT2D eigenvalue weighted by Gasteiger charge is 2.21. The number of aromatic nitrogens is 1. The number of hydrogen-bond donors (Lipinski definition) is 2. The number of halogens is 1. The van der Waals surface area contributed by atoms with Gasteiger partial charge in [0.05, 0.1) is 11.5 Å². The Balaban J connectivity index is 2.30. The summed E-state index contributed by atoms with van der Waals surface area (Å²) in [6.07, 6.45) is 1.65. The van der Waals surface area contributed by atoms with Gasteiger partial charge in [-0.3, -0.25) is 9.59 Å². The van der Waals surface area contributed by atoms with E-state index < -0.39 is 11.9 Å². The summed E-state index contributed by atoms with van der Waals surface area (Å²) >= 11 is 3.43. The molecule has 1 heterocycles. The predicted molar refractivity (Wildman–Crippen MR) is 79.8 cm³/mol. The van der Waals surface area contributed by atoms with Gasteiger partial charge in [-0.1, -0.05) is 28.9 Å². The van der Waals surface area contributed by atoms with Crippen LogP contribution in [0, 0.1) is 5.92 Å². The zero-order chi connectivity index (χ0) is 14.9. The summed E-state index contributed by atoms with van der Waals surface area (Å²) in [4.78, 5) is 27.8. The zero-order valence-corrected chi connectivity index (χ0v) is 12.8. The number of benzene rings is 1. The van der Waals surface area contributed by atoms with Gasteiger partial charge in [-0.2, -0.15) is 0 Å².